The van der Waals surface area contributed by atoms with Crippen molar-refractivity contribution in [3.63, 3.8) is 0 Å². The highest BCUT2D eigenvalue weighted by atomic mass is 15.4. The molecule has 0 aliphatic carbocycles. The summed E-state index contributed by atoms with van der Waals surface area (Å²) in [4.78, 5) is 11.7. The molecular formula is C21H33N7. The highest BCUT2D eigenvalue weighted by Crippen LogP contribution is 2.13. The number of hydrogen-bond acceptors (Lipinski definition) is 4. The second-order valence-corrected chi connectivity index (χ2v) is 7.61. The monoisotopic (exact) mass is 383 g/mol. The van der Waals surface area contributed by atoms with Crippen LogP contribution in [-0.2, 0) is 19.5 Å². The summed E-state index contributed by atoms with van der Waals surface area (Å²) in [5, 5.41) is 11.5. The average molecular weight is 384 g/mol. The van der Waals surface area contributed by atoms with Gasteiger partial charge >= 0.3 is 0 Å². The molecule has 152 valence electrons. The third kappa shape index (κ3) is 5.55. The fraction of sp³-hybridized carbons (Fsp3) is 0.571. The van der Waals surface area contributed by atoms with Crippen LogP contribution >= 0.6 is 0 Å². The summed E-state index contributed by atoms with van der Waals surface area (Å²) in [6, 6.07) is 11.2. The van der Waals surface area contributed by atoms with Gasteiger partial charge in [0.1, 0.15) is 11.6 Å². The number of aromatic nitrogens is 3. The Hall–Kier alpha value is -2.41. The van der Waals surface area contributed by atoms with E-state index in [1.54, 1.807) is 0 Å². The summed E-state index contributed by atoms with van der Waals surface area (Å²) in [6.45, 7) is 9.64. The molecule has 7 heteroatoms. The maximum absolute atomic E-state index is 4.84. The zero-order valence-corrected chi connectivity index (χ0v) is 17.5. The Morgan fingerprint density at radius 1 is 1.36 bits per heavy atom. The third-order valence-corrected chi connectivity index (χ3v) is 5.19. The van der Waals surface area contributed by atoms with E-state index in [4.69, 9.17) is 4.99 Å². The number of benzene rings is 1. The fourth-order valence-corrected chi connectivity index (χ4v) is 3.45. The van der Waals surface area contributed by atoms with E-state index in [1.165, 1.54) is 5.56 Å². The molecule has 0 amide bonds. The Bertz CT molecular complexity index is 768. The maximum atomic E-state index is 4.84. The predicted octanol–water partition coefficient (Wildman–Crippen LogP) is 1.98. The van der Waals surface area contributed by atoms with E-state index in [0.29, 0.717) is 12.1 Å². The lowest BCUT2D eigenvalue weighted by Crippen LogP contribution is -2.47. The van der Waals surface area contributed by atoms with Gasteiger partial charge in [0, 0.05) is 31.6 Å². The lowest BCUT2D eigenvalue weighted by molar-refractivity contribution is 0.255. The van der Waals surface area contributed by atoms with Crippen molar-refractivity contribution in [2.75, 3.05) is 20.1 Å². The molecule has 0 bridgehead atoms. The topological polar surface area (TPSA) is 70.4 Å². The molecule has 1 aromatic carbocycles. The molecule has 28 heavy (non-hydrogen) atoms. The van der Waals surface area contributed by atoms with Crippen LogP contribution in [0.1, 0.15) is 37.5 Å². The Morgan fingerprint density at radius 3 is 2.89 bits per heavy atom. The molecule has 2 atom stereocenters. The Kier molecular flexibility index (Phi) is 7.03. The first kappa shape index (κ1) is 20.3. The lowest BCUT2D eigenvalue weighted by atomic mass is 10.1. The molecule has 1 aromatic heterocycles. The number of aliphatic imine (C=N–C) groups is 1. The molecule has 0 spiro atoms. The minimum Gasteiger partial charge on any atom is -0.357 e. The summed E-state index contributed by atoms with van der Waals surface area (Å²) in [5.74, 6) is 2.83. The van der Waals surface area contributed by atoms with Gasteiger partial charge < -0.3 is 10.6 Å². The molecular weight excluding hydrogens is 350 g/mol. The van der Waals surface area contributed by atoms with Crippen LogP contribution in [0.4, 0.5) is 0 Å². The van der Waals surface area contributed by atoms with Gasteiger partial charge in [0.25, 0.3) is 0 Å². The summed E-state index contributed by atoms with van der Waals surface area (Å²) in [5.41, 5.74) is 1.33. The SMILES string of the molecule is CCNC(=NCC(C)N(C)Cc1ccccc1)NC1CCc2nc(C)nn2C1. The van der Waals surface area contributed by atoms with Gasteiger partial charge in [-0.3, -0.25) is 9.89 Å². The smallest absolute Gasteiger partial charge is 0.191 e. The second-order valence-electron chi connectivity index (χ2n) is 7.61. The molecule has 0 saturated heterocycles. The van der Waals surface area contributed by atoms with Crippen LogP contribution in [0, 0.1) is 6.92 Å². The van der Waals surface area contributed by atoms with Crippen molar-refractivity contribution in [1.29, 1.82) is 0 Å². The van der Waals surface area contributed by atoms with Gasteiger partial charge in [0.2, 0.25) is 0 Å². The number of rotatable bonds is 7. The van der Waals surface area contributed by atoms with Crippen molar-refractivity contribution in [3.05, 3.63) is 47.5 Å². The molecule has 0 saturated carbocycles. The first-order valence-corrected chi connectivity index (χ1v) is 10.2. The molecule has 2 heterocycles. The average Bonchev–Trinajstić information content (AvgIpc) is 3.06. The van der Waals surface area contributed by atoms with Gasteiger partial charge in [-0.2, -0.15) is 5.10 Å². The number of hydrogen-bond donors (Lipinski definition) is 2. The van der Waals surface area contributed by atoms with Crippen LogP contribution in [0.3, 0.4) is 0 Å². The number of nitrogens with zero attached hydrogens (tertiary/aromatic N) is 5. The van der Waals surface area contributed by atoms with Crippen molar-refractivity contribution in [2.45, 2.75) is 58.8 Å². The van der Waals surface area contributed by atoms with Gasteiger partial charge in [0.15, 0.2) is 5.96 Å². The van der Waals surface area contributed by atoms with Crippen molar-refractivity contribution in [2.24, 2.45) is 4.99 Å². The van der Waals surface area contributed by atoms with Crippen LogP contribution in [0.5, 0.6) is 0 Å². The predicted molar refractivity (Wildman–Crippen MR) is 113 cm³/mol. The molecule has 0 radical (unpaired) electrons. The minimum atomic E-state index is 0.323. The quantitative estimate of drug-likeness (QED) is 0.565. The van der Waals surface area contributed by atoms with E-state index in [1.807, 2.05) is 11.6 Å². The van der Waals surface area contributed by atoms with Gasteiger partial charge in [0.05, 0.1) is 13.1 Å². The van der Waals surface area contributed by atoms with Crippen LogP contribution in [0.2, 0.25) is 0 Å². The number of likely N-dealkylation sites (N-methyl/N-ethyl adjacent to an activating group) is 1. The van der Waals surface area contributed by atoms with Crippen LogP contribution in [0.15, 0.2) is 35.3 Å². The standard InChI is InChI=1S/C21H33N7/c1-5-22-21(25-19-11-12-20-24-17(3)26-28(20)15-19)23-13-16(2)27(4)14-18-9-7-6-8-10-18/h6-10,16,19H,5,11-15H2,1-4H3,(H2,22,23,25). The number of guanidine groups is 1. The van der Waals surface area contributed by atoms with Crippen LogP contribution in [0.25, 0.3) is 0 Å². The number of nitrogens with one attached hydrogen (secondary N) is 2. The first-order valence-electron chi connectivity index (χ1n) is 10.2. The molecule has 1 aliphatic heterocycles. The summed E-state index contributed by atoms with van der Waals surface area (Å²) >= 11 is 0. The van der Waals surface area contributed by atoms with E-state index in [2.05, 4.69) is 76.8 Å². The van der Waals surface area contributed by atoms with E-state index in [9.17, 15) is 0 Å². The van der Waals surface area contributed by atoms with E-state index >= 15 is 0 Å². The van der Waals surface area contributed by atoms with E-state index in [-0.39, 0.29) is 0 Å². The molecule has 2 aromatic rings. The Labute approximate surface area is 168 Å². The lowest BCUT2D eigenvalue weighted by Gasteiger charge is -2.26. The highest BCUT2D eigenvalue weighted by Gasteiger charge is 2.21. The summed E-state index contributed by atoms with van der Waals surface area (Å²) in [6.07, 6.45) is 2.00. The van der Waals surface area contributed by atoms with Crippen molar-refractivity contribution in [1.82, 2.24) is 30.3 Å². The van der Waals surface area contributed by atoms with Crippen LogP contribution < -0.4 is 10.6 Å². The number of fused-ring (bicyclic) bond motifs is 1. The van der Waals surface area contributed by atoms with Crippen molar-refractivity contribution < 1.29 is 0 Å². The van der Waals surface area contributed by atoms with Crippen molar-refractivity contribution >= 4 is 5.96 Å². The van der Waals surface area contributed by atoms with Gasteiger partial charge in [-0.25, -0.2) is 9.67 Å². The fourth-order valence-electron chi connectivity index (χ4n) is 3.45. The third-order valence-electron chi connectivity index (χ3n) is 5.19. The normalized spacial score (nSPS) is 18.0. The molecule has 2 N–H and O–H groups in total. The molecule has 7 nitrogen and oxygen atoms in total. The van der Waals surface area contributed by atoms with Crippen molar-refractivity contribution in [3.8, 4) is 0 Å². The summed E-state index contributed by atoms with van der Waals surface area (Å²) < 4.78 is 2.02. The Balaban J connectivity index is 1.55. The second kappa shape index (κ2) is 9.68. The minimum absolute atomic E-state index is 0.323. The largest absolute Gasteiger partial charge is 0.357 e. The van der Waals surface area contributed by atoms with E-state index < -0.39 is 0 Å². The number of aryl methyl sites for hydroxylation is 2. The highest BCUT2D eigenvalue weighted by molar-refractivity contribution is 5.80. The summed E-state index contributed by atoms with van der Waals surface area (Å²) in [7, 11) is 2.16. The van der Waals surface area contributed by atoms with Gasteiger partial charge in [-0.1, -0.05) is 30.3 Å². The molecule has 0 fully saturated rings. The van der Waals surface area contributed by atoms with E-state index in [0.717, 1.165) is 56.6 Å². The van der Waals surface area contributed by atoms with Gasteiger partial charge in [-0.05, 0) is 39.8 Å². The first-order chi connectivity index (χ1) is 13.5. The zero-order chi connectivity index (χ0) is 19.9. The van der Waals surface area contributed by atoms with Gasteiger partial charge in [-0.15, -0.1) is 0 Å². The zero-order valence-electron chi connectivity index (χ0n) is 17.5. The Morgan fingerprint density at radius 2 is 2.14 bits per heavy atom. The molecule has 3 rings (SSSR count). The molecule has 1 aliphatic rings. The maximum Gasteiger partial charge on any atom is 0.191 e. The molecule has 2 unspecified atom stereocenters. The van der Waals surface area contributed by atoms with Crippen LogP contribution in [-0.4, -0.2) is 57.8 Å².